The fraction of sp³-hybridized carbons (Fsp3) is 0.160. The van der Waals surface area contributed by atoms with Gasteiger partial charge < -0.3 is 14.8 Å². The van der Waals surface area contributed by atoms with Crippen LogP contribution in [0.2, 0.25) is 0 Å². The second-order valence-electron chi connectivity index (χ2n) is 7.32. The number of carbonyl (C=O) groups is 2. The van der Waals surface area contributed by atoms with Crippen molar-refractivity contribution in [3.8, 4) is 11.5 Å². The number of amides is 2. The molecular formula is C25H24N3O4+. The molecule has 2 N–H and O–H groups in total. The van der Waals surface area contributed by atoms with Crippen molar-refractivity contribution in [2.75, 3.05) is 14.2 Å². The van der Waals surface area contributed by atoms with Crippen LogP contribution in [0.5, 0.6) is 11.5 Å². The van der Waals surface area contributed by atoms with E-state index in [1.807, 2.05) is 60.8 Å². The van der Waals surface area contributed by atoms with Gasteiger partial charge in [0.05, 0.1) is 14.2 Å². The molecular weight excluding hydrogens is 406 g/mol. The molecule has 3 aromatic rings. The first-order chi connectivity index (χ1) is 15.6. The highest BCUT2D eigenvalue weighted by Crippen LogP contribution is 2.25. The number of hydrazone groups is 1. The summed E-state index contributed by atoms with van der Waals surface area (Å²) in [6.45, 7) is 0. The monoisotopic (exact) mass is 430 g/mol. The van der Waals surface area contributed by atoms with E-state index in [-0.39, 0.29) is 11.8 Å². The summed E-state index contributed by atoms with van der Waals surface area (Å²) in [6, 6.07) is 22.7. The third kappa shape index (κ3) is 4.46. The van der Waals surface area contributed by atoms with Gasteiger partial charge in [0.15, 0.2) is 6.04 Å². The van der Waals surface area contributed by atoms with E-state index < -0.39 is 12.1 Å². The summed E-state index contributed by atoms with van der Waals surface area (Å²) in [6.07, 6.45) is 1.84. The minimum atomic E-state index is -0.776. The molecule has 1 aliphatic heterocycles. The van der Waals surface area contributed by atoms with Gasteiger partial charge >= 0.3 is 5.91 Å². The molecule has 0 bridgehead atoms. The number of benzene rings is 3. The second kappa shape index (κ2) is 9.34. The van der Waals surface area contributed by atoms with E-state index in [1.54, 1.807) is 43.2 Å². The first kappa shape index (κ1) is 21.1. The molecule has 0 unspecified atom stereocenters. The minimum Gasteiger partial charge on any atom is -0.497 e. The number of methoxy groups -OCH3 is 2. The van der Waals surface area contributed by atoms with Crippen LogP contribution in [0.1, 0.15) is 27.5 Å². The van der Waals surface area contributed by atoms with Crippen LogP contribution < -0.4 is 20.2 Å². The van der Waals surface area contributed by atoms with Crippen molar-refractivity contribution >= 4 is 18.0 Å². The molecule has 0 radical (unpaired) electrons. The Hall–Kier alpha value is -4.13. The van der Waals surface area contributed by atoms with Gasteiger partial charge in [0.2, 0.25) is 12.3 Å². The van der Waals surface area contributed by atoms with Crippen molar-refractivity contribution < 1.29 is 23.7 Å². The Morgan fingerprint density at radius 2 is 1.50 bits per heavy atom. The van der Waals surface area contributed by atoms with Crippen LogP contribution in [0.3, 0.4) is 0 Å². The van der Waals surface area contributed by atoms with Gasteiger partial charge in [-0.05, 0) is 48.5 Å². The molecule has 7 nitrogen and oxygen atoms in total. The highest BCUT2D eigenvalue weighted by Gasteiger charge is 2.47. The summed E-state index contributed by atoms with van der Waals surface area (Å²) in [5.74, 6) is 0.782. The molecule has 162 valence electrons. The number of hydrogen-bond donors (Lipinski definition) is 2. The molecule has 4 rings (SSSR count). The molecule has 0 aliphatic carbocycles. The van der Waals surface area contributed by atoms with E-state index >= 15 is 0 Å². The van der Waals surface area contributed by atoms with Crippen LogP contribution >= 0.6 is 0 Å². The Kier molecular flexibility index (Phi) is 6.17. The number of carbonyl (C=O) groups excluding carboxylic acids is 2. The molecule has 1 aliphatic rings. The molecule has 7 heteroatoms. The maximum Gasteiger partial charge on any atom is 0.304 e. The molecule has 1 saturated heterocycles. The third-order valence-corrected chi connectivity index (χ3v) is 5.32. The van der Waals surface area contributed by atoms with Gasteiger partial charge in [0.1, 0.15) is 11.5 Å². The zero-order chi connectivity index (χ0) is 22.5. The topological polar surface area (TPSA) is 79.7 Å². The van der Waals surface area contributed by atoms with Crippen molar-refractivity contribution in [1.29, 1.82) is 0 Å². The van der Waals surface area contributed by atoms with Crippen LogP contribution in [-0.2, 0) is 4.79 Å². The first-order valence-corrected chi connectivity index (χ1v) is 10.2. The maximum absolute atomic E-state index is 12.9. The van der Waals surface area contributed by atoms with Crippen molar-refractivity contribution in [1.82, 2.24) is 10.7 Å². The third-order valence-electron chi connectivity index (χ3n) is 5.32. The Balaban J connectivity index is 1.65. The van der Waals surface area contributed by atoms with Gasteiger partial charge in [-0.1, -0.05) is 30.3 Å². The SMILES string of the molecule is COc1ccc(/C=[N+]2\NC(=O)[C@H](NC(=O)c3ccc(OC)cc3)[C@H]2c2ccccc2)cc1. The van der Waals surface area contributed by atoms with Gasteiger partial charge in [-0.15, -0.1) is 10.1 Å². The average Bonchev–Trinajstić information content (AvgIpc) is 3.14. The lowest BCUT2D eigenvalue weighted by Crippen LogP contribution is -2.42. The molecule has 0 aromatic heterocycles. The molecule has 3 aromatic carbocycles. The van der Waals surface area contributed by atoms with E-state index in [2.05, 4.69) is 10.7 Å². The fourth-order valence-electron chi connectivity index (χ4n) is 3.65. The normalized spacial score (nSPS) is 18.8. The summed E-state index contributed by atoms with van der Waals surface area (Å²) in [5, 5.41) is 2.89. The molecule has 2 atom stereocenters. The lowest BCUT2D eigenvalue weighted by Gasteiger charge is -2.15. The summed E-state index contributed by atoms with van der Waals surface area (Å²) in [5.41, 5.74) is 5.11. The number of nitrogens with one attached hydrogen (secondary N) is 2. The van der Waals surface area contributed by atoms with E-state index in [0.717, 1.165) is 16.9 Å². The largest absolute Gasteiger partial charge is 0.497 e. The molecule has 1 fully saturated rings. The Bertz CT molecular complexity index is 1130. The van der Waals surface area contributed by atoms with Crippen LogP contribution in [0.4, 0.5) is 0 Å². The summed E-state index contributed by atoms with van der Waals surface area (Å²) in [4.78, 5) is 25.8. The minimum absolute atomic E-state index is 0.287. The highest BCUT2D eigenvalue weighted by atomic mass is 16.5. The van der Waals surface area contributed by atoms with Gasteiger partial charge in [0, 0.05) is 16.7 Å². The van der Waals surface area contributed by atoms with Gasteiger partial charge in [-0.3, -0.25) is 9.59 Å². The molecule has 0 spiro atoms. The van der Waals surface area contributed by atoms with Gasteiger partial charge in [0.25, 0.3) is 5.91 Å². The standard InChI is InChI=1S/C25H23N3O4/c1-31-20-12-8-17(9-13-20)16-28-23(18-6-4-3-5-7-18)22(25(30)27-28)26-24(29)19-10-14-21(32-2)15-11-19/h3-16,22-23H,1-2H3,(H-,26,27,29,30)/p+1/b28-16-/t22-,23-/m1/s1. The van der Waals surface area contributed by atoms with Gasteiger partial charge in [-0.2, -0.15) is 0 Å². The predicted octanol–water partition coefficient (Wildman–Crippen LogP) is 2.72. The van der Waals surface area contributed by atoms with E-state index in [4.69, 9.17) is 9.47 Å². The maximum atomic E-state index is 12.9. The van der Waals surface area contributed by atoms with E-state index in [1.165, 1.54) is 0 Å². The van der Waals surface area contributed by atoms with Crippen molar-refractivity contribution in [3.05, 3.63) is 95.6 Å². The number of hydrazine groups is 1. The van der Waals surface area contributed by atoms with Crippen molar-refractivity contribution in [3.63, 3.8) is 0 Å². The van der Waals surface area contributed by atoms with Crippen LogP contribution in [0, 0.1) is 0 Å². The molecule has 2 amide bonds. The summed E-state index contributed by atoms with van der Waals surface area (Å²) >= 11 is 0. The number of nitrogens with zero attached hydrogens (tertiary/aromatic N) is 1. The van der Waals surface area contributed by atoms with Crippen molar-refractivity contribution in [2.24, 2.45) is 0 Å². The predicted molar refractivity (Wildman–Crippen MR) is 120 cm³/mol. The van der Waals surface area contributed by atoms with Crippen LogP contribution in [-0.4, -0.2) is 43.0 Å². The van der Waals surface area contributed by atoms with E-state index in [0.29, 0.717) is 11.3 Å². The second-order valence-corrected chi connectivity index (χ2v) is 7.32. The number of ether oxygens (including phenoxy) is 2. The van der Waals surface area contributed by atoms with E-state index in [9.17, 15) is 9.59 Å². The van der Waals surface area contributed by atoms with Crippen molar-refractivity contribution in [2.45, 2.75) is 12.1 Å². The smallest absolute Gasteiger partial charge is 0.304 e. The Labute approximate surface area is 186 Å². The fourth-order valence-corrected chi connectivity index (χ4v) is 3.65. The lowest BCUT2D eigenvalue weighted by atomic mass is 10.00. The quantitative estimate of drug-likeness (QED) is 0.590. The molecule has 0 saturated carbocycles. The average molecular weight is 430 g/mol. The zero-order valence-corrected chi connectivity index (χ0v) is 17.8. The first-order valence-electron chi connectivity index (χ1n) is 10.2. The van der Waals surface area contributed by atoms with Gasteiger partial charge in [-0.25, -0.2) is 0 Å². The summed E-state index contributed by atoms with van der Waals surface area (Å²) < 4.78 is 12.1. The Morgan fingerprint density at radius 3 is 2.09 bits per heavy atom. The Morgan fingerprint density at radius 1 is 0.906 bits per heavy atom. The highest BCUT2D eigenvalue weighted by molar-refractivity contribution is 5.98. The summed E-state index contributed by atoms with van der Waals surface area (Å²) in [7, 11) is 3.18. The number of hydrogen-bond acceptors (Lipinski definition) is 4. The van der Waals surface area contributed by atoms with Crippen LogP contribution in [0.25, 0.3) is 0 Å². The zero-order valence-electron chi connectivity index (χ0n) is 17.8. The lowest BCUT2D eigenvalue weighted by molar-refractivity contribution is -0.596. The molecule has 1 heterocycles. The number of rotatable bonds is 6. The molecule has 32 heavy (non-hydrogen) atoms. The van der Waals surface area contributed by atoms with Crippen LogP contribution in [0.15, 0.2) is 78.9 Å².